The van der Waals surface area contributed by atoms with E-state index in [1.807, 2.05) is 60.7 Å². The van der Waals surface area contributed by atoms with E-state index in [4.69, 9.17) is 0 Å². The van der Waals surface area contributed by atoms with E-state index in [1.165, 1.54) is 0 Å². The average Bonchev–Trinajstić information content (AvgIpc) is 2.64. The summed E-state index contributed by atoms with van der Waals surface area (Å²) < 4.78 is 0. The summed E-state index contributed by atoms with van der Waals surface area (Å²) in [6.07, 6.45) is 3.46. The van der Waals surface area contributed by atoms with Crippen molar-refractivity contribution in [3.63, 3.8) is 0 Å². The molecular weight excluding hydrogens is 479 g/mol. The minimum absolute atomic E-state index is 0. The second-order valence-electron chi connectivity index (χ2n) is 4.84. The number of rotatable bonds is 1. The second kappa shape index (κ2) is 8.95. The fourth-order valence-electron chi connectivity index (χ4n) is 2.16. The van der Waals surface area contributed by atoms with Gasteiger partial charge in [0.15, 0.2) is 0 Å². The third-order valence-electron chi connectivity index (χ3n) is 3.26. The molecule has 0 unspecified atom stereocenters. The van der Waals surface area contributed by atoms with Gasteiger partial charge in [0, 0.05) is 38.8 Å². The molecule has 0 aliphatic rings. The Kier molecular flexibility index (Phi) is 6.65. The van der Waals surface area contributed by atoms with E-state index in [0.29, 0.717) is 5.52 Å². The van der Waals surface area contributed by atoms with Crippen LogP contribution < -0.4 is 0 Å². The van der Waals surface area contributed by atoms with Gasteiger partial charge >= 0.3 is 0 Å². The Bertz CT molecular complexity index is 840. The normalized spacial score (nSPS) is 9.50. The van der Waals surface area contributed by atoms with Crippen molar-refractivity contribution in [1.29, 1.82) is 0 Å². The molecule has 0 saturated carbocycles. The number of aromatic nitrogens is 2. The number of aromatic hydroxyl groups is 1. The molecule has 0 fully saturated rings. The van der Waals surface area contributed by atoms with Crippen LogP contribution in [0.2, 0.25) is 0 Å². The molecule has 3 nitrogen and oxygen atoms in total. The van der Waals surface area contributed by atoms with E-state index < -0.39 is 0 Å². The van der Waals surface area contributed by atoms with Gasteiger partial charge in [-0.3, -0.25) is 4.98 Å². The molecule has 24 heavy (non-hydrogen) atoms. The smallest absolute Gasteiger partial charge is 0.141 e. The number of benzene rings is 2. The van der Waals surface area contributed by atoms with Gasteiger partial charge < -0.3 is 10.1 Å². The predicted octanol–water partition coefficient (Wildman–Crippen LogP) is 4.49. The van der Waals surface area contributed by atoms with Crippen LogP contribution in [0.1, 0.15) is 0 Å². The first-order chi connectivity index (χ1) is 11.3. The zero-order valence-electron chi connectivity index (χ0n) is 12.7. The Morgan fingerprint density at radius 1 is 0.750 bits per heavy atom. The predicted molar refractivity (Wildman–Crippen MR) is 91.9 cm³/mol. The molecule has 2 aromatic carbocycles. The molecule has 1 N–H and O–H groups in total. The van der Waals surface area contributed by atoms with Crippen LogP contribution in [0.4, 0.5) is 0 Å². The van der Waals surface area contributed by atoms with Gasteiger partial charge in [0.25, 0.3) is 0 Å². The molecule has 0 bridgehead atoms. The molecule has 122 valence electrons. The molecule has 0 aliphatic heterocycles. The van der Waals surface area contributed by atoms with Crippen molar-refractivity contribution in [2.75, 3.05) is 0 Å². The van der Waals surface area contributed by atoms with E-state index in [-0.39, 0.29) is 26.8 Å². The number of nitrogens with zero attached hydrogens (tertiary/aromatic N) is 2. The first-order valence-electron chi connectivity index (χ1n) is 7.25. The molecule has 0 atom stereocenters. The quantitative estimate of drug-likeness (QED) is 0.397. The van der Waals surface area contributed by atoms with E-state index in [1.54, 1.807) is 24.5 Å². The SMILES string of the molecule is Oc1cccc2cccnc12.[Pt].[c-]1ccccc1-c1ccccn1. The van der Waals surface area contributed by atoms with Gasteiger partial charge in [-0.1, -0.05) is 30.3 Å². The van der Waals surface area contributed by atoms with Crippen LogP contribution in [0.5, 0.6) is 5.75 Å². The van der Waals surface area contributed by atoms with Crippen LogP contribution >= 0.6 is 0 Å². The molecule has 0 radical (unpaired) electrons. The summed E-state index contributed by atoms with van der Waals surface area (Å²) >= 11 is 0. The number of hydrogen-bond donors (Lipinski definition) is 1. The van der Waals surface area contributed by atoms with Gasteiger partial charge in [-0.2, -0.15) is 0 Å². The maximum Gasteiger partial charge on any atom is 0.141 e. The van der Waals surface area contributed by atoms with Crippen molar-refractivity contribution in [2.24, 2.45) is 0 Å². The zero-order chi connectivity index (χ0) is 15.9. The van der Waals surface area contributed by atoms with Gasteiger partial charge in [0.1, 0.15) is 11.3 Å². The van der Waals surface area contributed by atoms with Crippen LogP contribution in [0.3, 0.4) is 0 Å². The average molecular weight is 494 g/mol. The number of phenols is 1. The summed E-state index contributed by atoms with van der Waals surface area (Å²) in [5.41, 5.74) is 2.67. The molecule has 4 heteroatoms. The van der Waals surface area contributed by atoms with Gasteiger partial charge in [-0.05, 0) is 23.9 Å². The number of para-hydroxylation sites is 1. The van der Waals surface area contributed by atoms with Crippen LogP contribution in [0, 0.1) is 6.07 Å². The molecule has 2 aromatic heterocycles. The van der Waals surface area contributed by atoms with Gasteiger partial charge in [0.05, 0.1) is 0 Å². The maximum absolute atomic E-state index is 9.31. The standard InChI is InChI=1S/C11H8N.C9H7NO.Pt/c1-2-6-10(7-3-1)11-8-4-5-9-12-11;11-8-5-1-3-7-4-2-6-10-9(7)8;/h1-6,8-9H;1-6,11H;/q-1;;. The monoisotopic (exact) mass is 494 g/mol. The number of pyridine rings is 2. The molecule has 4 rings (SSSR count). The largest absolute Gasteiger partial charge is 0.506 e. The molecule has 4 aromatic rings. The molecule has 0 aliphatic carbocycles. The van der Waals surface area contributed by atoms with E-state index in [0.717, 1.165) is 16.6 Å². The van der Waals surface area contributed by atoms with Crippen molar-refractivity contribution in [1.82, 2.24) is 9.97 Å². The van der Waals surface area contributed by atoms with Gasteiger partial charge in [-0.25, -0.2) is 0 Å². The van der Waals surface area contributed by atoms with Crippen molar-refractivity contribution < 1.29 is 26.2 Å². The Balaban J connectivity index is 0.000000167. The van der Waals surface area contributed by atoms with Crippen molar-refractivity contribution in [3.05, 3.63) is 91.3 Å². The Hall–Kier alpha value is -2.51. The summed E-state index contributed by atoms with van der Waals surface area (Å²) in [5, 5.41) is 10.3. The van der Waals surface area contributed by atoms with E-state index in [9.17, 15) is 5.11 Å². The van der Waals surface area contributed by atoms with Gasteiger partial charge in [-0.15, -0.1) is 35.9 Å². The number of phenolic OH excluding ortho intramolecular Hbond substituents is 1. The summed E-state index contributed by atoms with van der Waals surface area (Å²) in [7, 11) is 0. The minimum atomic E-state index is 0. The molecule has 0 spiro atoms. The summed E-state index contributed by atoms with van der Waals surface area (Å²) in [6.45, 7) is 0. The van der Waals surface area contributed by atoms with Gasteiger partial charge in [0.2, 0.25) is 0 Å². The van der Waals surface area contributed by atoms with E-state index in [2.05, 4.69) is 16.0 Å². The Morgan fingerprint density at radius 3 is 2.25 bits per heavy atom. The summed E-state index contributed by atoms with van der Waals surface area (Å²) in [6, 6.07) is 25.9. The minimum Gasteiger partial charge on any atom is -0.506 e. The zero-order valence-corrected chi connectivity index (χ0v) is 15.0. The van der Waals surface area contributed by atoms with Crippen LogP contribution in [0.15, 0.2) is 85.2 Å². The Labute approximate surface area is 155 Å². The summed E-state index contributed by atoms with van der Waals surface area (Å²) in [4.78, 5) is 8.25. The van der Waals surface area contributed by atoms with Crippen LogP contribution in [0.25, 0.3) is 22.2 Å². The first kappa shape index (κ1) is 17.8. The van der Waals surface area contributed by atoms with Crippen LogP contribution in [-0.4, -0.2) is 15.1 Å². The fraction of sp³-hybridized carbons (Fsp3) is 0. The molecule has 0 amide bonds. The number of hydrogen-bond acceptors (Lipinski definition) is 3. The molecule has 0 saturated heterocycles. The Morgan fingerprint density at radius 2 is 1.54 bits per heavy atom. The number of fused-ring (bicyclic) bond motifs is 1. The second-order valence-corrected chi connectivity index (χ2v) is 4.84. The topological polar surface area (TPSA) is 46.0 Å². The molecule has 2 heterocycles. The molecular formula is C20H15N2OPt-. The summed E-state index contributed by atoms with van der Waals surface area (Å²) in [5.74, 6) is 0.239. The third-order valence-corrected chi connectivity index (χ3v) is 3.26. The van der Waals surface area contributed by atoms with Crippen molar-refractivity contribution in [3.8, 4) is 17.0 Å². The van der Waals surface area contributed by atoms with Crippen LogP contribution in [-0.2, 0) is 21.1 Å². The fourth-order valence-corrected chi connectivity index (χ4v) is 2.16. The van der Waals surface area contributed by atoms with E-state index >= 15 is 0 Å². The third kappa shape index (κ3) is 4.50. The van der Waals surface area contributed by atoms with Crippen molar-refractivity contribution >= 4 is 10.9 Å². The van der Waals surface area contributed by atoms with Crippen molar-refractivity contribution in [2.45, 2.75) is 0 Å². The maximum atomic E-state index is 9.31. The first-order valence-corrected chi connectivity index (χ1v) is 7.25.